The fourth-order valence-electron chi connectivity index (χ4n) is 2.16. The number of halogens is 4. The van der Waals surface area contributed by atoms with Crippen LogP contribution < -0.4 is 5.32 Å². The van der Waals surface area contributed by atoms with Crippen LogP contribution in [0.5, 0.6) is 0 Å². The standard InChI is InChI=1S/C12H13F4NO/c13-9-5-4-7(6-8(9)12(14,15)16)17-10-2-1-3-11(10)18/h4-6,10-11,17-18H,1-3H2/t10-,11-/m0/s1. The Bertz CT molecular complexity index is 433. The maximum Gasteiger partial charge on any atom is 0.419 e. The lowest BCUT2D eigenvalue weighted by Gasteiger charge is -2.19. The van der Waals surface area contributed by atoms with Crippen molar-refractivity contribution in [3.05, 3.63) is 29.6 Å². The van der Waals surface area contributed by atoms with Crippen molar-refractivity contribution in [3.8, 4) is 0 Å². The van der Waals surface area contributed by atoms with Crippen LogP contribution in [0.25, 0.3) is 0 Å². The molecule has 0 bridgehead atoms. The van der Waals surface area contributed by atoms with Gasteiger partial charge in [0.15, 0.2) is 0 Å². The lowest BCUT2D eigenvalue weighted by molar-refractivity contribution is -0.139. The Kier molecular flexibility index (Phi) is 3.47. The molecule has 0 radical (unpaired) electrons. The van der Waals surface area contributed by atoms with E-state index in [4.69, 9.17) is 0 Å². The van der Waals surface area contributed by atoms with E-state index >= 15 is 0 Å². The first-order chi connectivity index (χ1) is 8.38. The van der Waals surface area contributed by atoms with Crippen molar-refractivity contribution in [1.82, 2.24) is 0 Å². The van der Waals surface area contributed by atoms with Crippen LogP contribution in [-0.2, 0) is 6.18 Å². The molecule has 1 aromatic rings. The van der Waals surface area contributed by atoms with E-state index in [1.165, 1.54) is 6.07 Å². The number of benzene rings is 1. The second-order valence-corrected chi connectivity index (χ2v) is 4.44. The van der Waals surface area contributed by atoms with Crippen molar-refractivity contribution in [3.63, 3.8) is 0 Å². The molecular formula is C12H13F4NO. The molecule has 0 spiro atoms. The molecule has 1 fully saturated rings. The first kappa shape index (κ1) is 13.1. The number of hydrogen-bond acceptors (Lipinski definition) is 2. The molecule has 0 amide bonds. The fraction of sp³-hybridized carbons (Fsp3) is 0.500. The molecule has 6 heteroatoms. The number of anilines is 1. The monoisotopic (exact) mass is 263 g/mol. The average Bonchev–Trinajstić information content (AvgIpc) is 2.66. The van der Waals surface area contributed by atoms with Gasteiger partial charge in [-0.15, -0.1) is 0 Å². The summed E-state index contributed by atoms with van der Waals surface area (Å²) in [6.07, 6.45) is -3.13. The summed E-state index contributed by atoms with van der Waals surface area (Å²) < 4.78 is 50.6. The number of aliphatic hydroxyl groups excluding tert-OH is 1. The molecule has 2 rings (SSSR count). The maximum absolute atomic E-state index is 13.1. The molecule has 1 saturated carbocycles. The molecule has 0 aromatic heterocycles. The number of alkyl halides is 3. The zero-order valence-electron chi connectivity index (χ0n) is 9.47. The molecule has 1 aliphatic carbocycles. The van der Waals surface area contributed by atoms with Gasteiger partial charge in [-0.3, -0.25) is 0 Å². The second kappa shape index (κ2) is 4.76. The normalized spacial score (nSPS) is 24.3. The third-order valence-electron chi connectivity index (χ3n) is 3.10. The zero-order valence-corrected chi connectivity index (χ0v) is 9.47. The summed E-state index contributed by atoms with van der Waals surface area (Å²) in [5.41, 5.74) is -1.12. The Morgan fingerprint density at radius 3 is 2.50 bits per heavy atom. The Hall–Kier alpha value is -1.30. The number of rotatable bonds is 2. The molecule has 0 aliphatic heterocycles. The smallest absolute Gasteiger partial charge is 0.391 e. The van der Waals surface area contributed by atoms with Crippen LogP contribution in [0.1, 0.15) is 24.8 Å². The lowest BCUT2D eigenvalue weighted by Crippen LogP contribution is -2.28. The highest BCUT2D eigenvalue weighted by molar-refractivity contribution is 5.48. The van der Waals surface area contributed by atoms with E-state index in [0.717, 1.165) is 18.6 Å². The minimum Gasteiger partial charge on any atom is -0.391 e. The highest BCUT2D eigenvalue weighted by Gasteiger charge is 2.34. The maximum atomic E-state index is 13.1. The first-order valence-electron chi connectivity index (χ1n) is 5.69. The van der Waals surface area contributed by atoms with Crippen molar-refractivity contribution >= 4 is 5.69 Å². The van der Waals surface area contributed by atoms with Crippen molar-refractivity contribution in [1.29, 1.82) is 0 Å². The van der Waals surface area contributed by atoms with Crippen LogP contribution in [0.3, 0.4) is 0 Å². The first-order valence-corrected chi connectivity index (χ1v) is 5.69. The molecule has 100 valence electrons. The minimum absolute atomic E-state index is 0.176. The van der Waals surface area contributed by atoms with Crippen LogP contribution in [-0.4, -0.2) is 17.3 Å². The Morgan fingerprint density at radius 1 is 1.22 bits per heavy atom. The zero-order chi connectivity index (χ0) is 13.3. The summed E-state index contributed by atoms with van der Waals surface area (Å²) in [4.78, 5) is 0. The van der Waals surface area contributed by atoms with Gasteiger partial charge in [-0.25, -0.2) is 4.39 Å². The van der Waals surface area contributed by atoms with E-state index in [-0.39, 0.29) is 11.7 Å². The Labute approximate surface area is 102 Å². The van der Waals surface area contributed by atoms with Gasteiger partial charge in [0, 0.05) is 5.69 Å². The summed E-state index contributed by atoms with van der Waals surface area (Å²) in [5.74, 6) is -1.29. The van der Waals surface area contributed by atoms with E-state index in [0.29, 0.717) is 12.8 Å². The summed E-state index contributed by atoms with van der Waals surface area (Å²) in [7, 11) is 0. The molecule has 1 aliphatic rings. The largest absolute Gasteiger partial charge is 0.419 e. The summed E-state index contributed by atoms with van der Waals surface area (Å²) in [5, 5.41) is 12.4. The van der Waals surface area contributed by atoms with Gasteiger partial charge >= 0.3 is 6.18 Å². The van der Waals surface area contributed by atoms with Crippen LogP contribution >= 0.6 is 0 Å². The fourth-order valence-corrected chi connectivity index (χ4v) is 2.16. The molecule has 2 atom stereocenters. The Balaban J connectivity index is 2.19. The van der Waals surface area contributed by atoms with Crippen molar-refractivity contribution < 1.29 is 22.7 Å². The third-order valence-corrected chi connectivity index (χ3v) is 3.10. The van der Waals surface area contributed by atoms with Gasteiger partial charge in [-0.05, 0) is 37.5 Å². The van der Waals surface area contributed by atoms with Gasteiger partial charge in [-0.1, -0.05) is 0 Å². The average molecular weight is 263 g/mol. The predicted octanol–water partition coefficient (Wildman–Crippen LogP) is 3.17. The molecule has 2 N–H and O–H groups in total. The van der Waals surface area contributed by atoms with Crippen LogP contribution in [0.2, 0.25) is 0 Å². The molecule has 0 heterocycles. The molecular weight excluding hydrogens is 250 g/mol. The van der Waals surface area contributed by atoms with Crippen LogP contribution in [0.15, 0.2) is 18.2 Å². The van der Waals surface area contributed by atoms with E-state index in [9.17, 15) is 22.7 Å². The summed E-state index contributed by atoms with van der Waals surface area (Å²) >= 11 is 0. The van der Waals surface area contributed by atoms with Crippen LogP contribution in [0.4, 0.5) is 23.2 Å². The van der Waals surface area contributed by atoms with E-state index < -0.39 is 23.7 Å². The minimum atomic E-state index is -4.71. The van der Waals surface area contributed by atoms with Gasteiger partial charge in [0.05, 0.1) is 17.7 Å². The van der Waals surface area contributed by atoms with E-state index in [1.807, 2.05) is 0 Å². The highest BCUT2D eigenvalue weighted by Crippen LogP contribution is 2.33. The second-order valence-electron chi connectivity index (χ2n) is 4.44. The predicted molar refractivity (Wildman–Crippen MR) is 58.7 cm³/mol. The number of aliphatic hydroxyl groups is 1. The van der Waals surface area contributed by atoms with Gasteiger partial charge < -0.3 is 10.4 Å². The van der Waals surface area contributed by atoms with Crippen molar-refractivity contribution in [2.45, 2.75) is 37.6 Å². The third kappa shape index (κ3) is 2.75. The molecule has 1 aromatic carbocycles. The molecule has 0 unspecified atom stereocenters. The SMILES string of the molecule is O[C@H]1CCC[C@@H]1Nc1ccc(F)c(C(F)(F)F)c1. The van der Waals surface area contributed by atoms with E-state index in [1.54, 1.807) is 0 Å². The van der Waals surface area contributed by atoms with E-state index in [2.05, 4.69) is 5.32 Å². The summed E-state index contributed by atoms with van der Waals surface area (Å²) in [6.45, 7) is 0. The lowest BCUT2D eigenvalue weighted by atomic mass is 10.1. The van der Waals surface area contributed by atoms with Gasteiger partial charge in [0.2, 0.25) is 0 Å². The van der Waals surface area contributed by atoms with Gasteiger partial charge in [0.1, 0.15) is 5.82 Å². The Morgan fingerprint density at radius 2 is 1.94 bits per heavy atom. The van der Waals surface area contributed by atoms with Crippen molar-refractivity contribution in [2.75, 3.05) is 5.32 Å². The van der Waals surface area contributed by atoms with Gasteiger partial charge in [0.25, 0.3) is 0 Å². The quantitative estimate of drug-likeness (QED) is 0.803. The molecule has 2 nitrogen and oxygen atoms in total. The number of hydrogen-bond donors (Lipinski definition) is 2. The molecule has 18 heavy (non-hydrogen) atoms. The topological polar surface area (TPSA) is 32.3 Å². The summed E-state index contributed by atoms with van der Waals surface area (Å²) in [6, 6.07) is 2.50. The highest BCUT2D eigenvalue weighted by atomic mass is 19.4. The van der Waals surface area contributed by atoms with Gasteiger partial charge in [-0.2, -0.15) is 13.2 Å². The van der Waals surface area contributed by atoms with Crippen LogP contribution in [0, 0.1) is 5.82 Å². The van der Waals surface area contributed by atoms with Crippen molar-refractivity contribution in [2.24, 2.45) is 0 Å². The number of nitrogens with one attached hydrogen (secondary N) is 1. The molecule has 0 saturated heterocycles.